The molecule has 0 amide bonds. The van der Waals surface area contributed by atoms with Gasteiger partial charge in [0, 0.05) is 33.8 Å². The Kier molecular flexibility index (Phi) is 8.44. The number of anilines is 3. The van der Waals surface area contributed by atoms with E-state index in [9.17, 15) is 0 Å². The molecule has 0 atom stereocenters. The lowest BCUT2D eigenvalue weighted by molar-refractivity contribution is 1.27. The van der Waals surface area contributed by atoms with Crippen LogP contribution in [0.5, 0.6) is 0 Å². The molecule has 4 aliphatic heterocycles. The van der Waals surface area contributed by atoms with E-state index in [4.69, 9.17) is 0 Å². The van der Waals surface area contributed by atoms with Gasteiger partial charge in [-0.2, -0.15) is 0 Å². The smallest absolute Gasteiger partial charge is 0.389 e. The number of benzene rings is 12. The van der Waals surface area contributed by atoms with Crippen molar-refractivity contribution >= 4 is 86.7 Å². The average Bonchev–Trinajstić information content (AvgIpc) is 3.46. The van der Waals surface area contributed by atoms with Crippen LogP contribution >= 0.6 is 0 Å². The van der Waals surface area contributed by atoms with E-state index in [1.807, 2.05) is 0 Å². The van der Waals surface area contributed by atoms with Crippen molar-refractivity contribution in [3.8, 4) is 66.8 Å². The molecule has 4 aliphatic rings. The van der Waals surface area contributed by atoms with E-state index >= 15 is 0 Å². The molecular formula is C66H42B3N3. The van der Waals surface area contributed by atoms with E-state index in [1.165, 1.54) is 133 Å². The number of rotatable bonds is 3. The lowest BCUT2D eigenvalue weighted by Gasteiger charge is -2.61. The van der Waals surface area contributed by atoms with Crippen molar-refractivity contribution in [2.45, 2.75) is 0 Å². The average molecular weight is 910 g/mol. The van der Waals surface area contributed by atoms with Gasteiger partial charge in [0.1, 0.15) is 0 Å². The molecule has 330 valence electrons. The van der Waals surface area contributed by atoms with Crippen LogP contribution in [0.25, 0.3) is 99.1 Å². The molecule has 72 heavy (non-hydrogen) atoms. The Labute approximate surface area is 420 Å². The molecule has 1 saturated heterocycles. The molecule has 6 heteroatoms. The number of nitrogens with zero attached hydrogens (tertiary/aromatic N) is 3. The predicted octanol–water partition coefficient (Wildman–Crippen LogP) is 14.1. The highest BCUT2D eigenvalue weighted by Crippen LogP contribution is 2.50. The summed E-state index contributed by atoms with van der Waals surface area (Å²) in [6, 6.07) is 96.0. The number of hydrogen-bond donors (Lipinski definition) is 0. The Hall–Kier alpha value is -8.99. The van der Waals surface area contributed by atoms with Crippen LogP contribution in [0.1, 0.15) is 0 Å². The fraction of sp³-hybridized carbons (Fsp3) is 0. The molecule has 0 spiro atoms. The summed E-state index contributed by atoms with van der Waals surface area (Å²) in [5.74, 6) is 0. The van der Waals surface area contributed by atoms with Crippen LogP contribution in [0.3, 0.4) is 0 Å². The first-order chi connectivity index (χ1) is 35.7. The van der Waals surface area contributed by atoms with E-state index in [-0.39, 0.29) is 20.9 Å². The second-order valence-corrected chi connectivity index (χ2v) is 19.9. The van der Waals surface area contributed by atoms with Crippen LogP contribution in [0.4, 0.5) is 17.1 Å². The number of hydrogen-bond acceptors (Lipinski definition) is 3. The van der Waals surface area contributed by atoms with Crippen molar-refractivity contribution in [2.75, 3.05) is 14.2 Å². The third kappa shape index (κ3) is 5.60. The van der Waals surface area contributed by atoms with Gasteiger partial charge in [0.15, 0.2) is 0 Å². The van der Waals surface area contributed by atoms with Crippen LogP contribution in [-0.2, 0) is 0 Å². The van der Waals surface area contributed by atoms with E-state index in [1.54, 1.807) is 0 Å². The molecule has 3 nitrogen and oxygen atoms in total. The van der Waals surface area contributed by atoms with Gasteiger partial charge in [0.2, 0.25) is 0 Å². The van der Waals surface area contributed by atoms with Crippen molar-refractivity contribution in [2.24, 2.45) is 0 Å². The van der Waals surface area contributed by atoms with E-state index < -0.39 is 0 Å². The van der Waals surface area contributed by atoms with Crippen molar-refractivity contribution in [1.82, 2.24) is 0 Å². The van der Waals surface area contributed by atoms with Gasteiger partial charge in [-0.1, -0.05) is 218 Å². The molecule has 1 fully saturated rings. The molecule has 12 aromatic carbocycles. The summed E-state index contributed by atoms with van der Waals surface area (Å²) in [5, 5.41) is 7.56. The van der Waals surface area contributed by atoms with Gasteiger partial charge in [-0.05, 0) is 135 Å². The van der Waals surface area contributed by atoms with Gasteiger partial charge in [-0.3, -0.25) is 0 Å². The largest absolute Gasteiger partial charge is 0.416 e. The molecule has 0 aliphatic carbocycles. The Morgan fingerprint density at radius 1 is 0.208 bits per heavy atom. The van der Waals surface area contributed by atoms with Crippen LogP contribution in [0.2, 0.25) is 0 Å². The first kappa shape index (κ1) is 39.8. The van der Waals surface area contributed by atoms with Crippen molar-refractivity contribution in [1.29, 1.82) is 0 Å². The lowest BCUT2D eigenvalue weighted by atomic mass is 9.33. The summed E-state index contributed by atoms with van der Waals surface area (Å²) < 4.78 is 8.30. The fourth-order valence-corrected chi connectivity index (χ4v) is 13.3. The zero-order valence-electron chi connectivity index (χ0n) is 39.3. The zero-order chi connectivity index (χ0) is 47.0. The third-order valence-electron chi connectivity index (χ3n) is 16.3. The molecule has 0 aromatic heterocycles. The monoisotopic (exact) mass is 909 g/mol. The topological polar surface area (TPSA) is 9.72 Å². The SMILES string of the molecule is c1ccc2c(c1)-c1cc(-c3cccc4ccccc34)ccc1B1N2B2c3ccc(-c4cccc5ccccc45)cc3-c3ccccc3N2B2c3ccc(-c4cccc5ccccc45)cc3-c3ccccc3N12. The second-order valence-electron chi connectivity index (χ2n) is 19.9. The van der Waals surface area contributed by atoms with Gasteiger partial charge in [0.25, 0.3) is 0 Å². The first-order valence-electron chi connectivity index (χ1n) is 25.2. The summed E-state index contributed by atoms with van der Waals surface area (Å²) in [5.41, 5.74) is 22.7. The quantitative estimate of drug-likeness (QED) is 0.164. The standard InChI is InChI=1S/C66H42B3N3/c1-4-22-49-43(16-1)19-13-28-52(49)46-34-37-61-58(40-46)55-25-7-10-31-64(55)70-67(61)71-65-32-11-8-26-56(65)59-41-48(54-30-15-21-45-18-3-6-24-51(45)54)36-39-63(59)69(71)72-66-33-12-9-27-57(66)60-42-47(35-38-62(60)68(70)72)53-29-14-20-44-17-2-5-23-50(44)53/h1-42H. The Balaban J connectivity index is 0.973. The molecule has 12 aromatic rings. The minimum absolute atomic E-state index is 0.161. The second kappa shape index (κ2) is 15.3. The Morgan fingerprint density at radius 3 is 0.806 bits per heavy atom. The zero-order valence-corrected chi connectivity index (χ0v) is 39.3. The van der Waals surface area contributed by atoms with Gasteiger partial charge < -0.3 is 14.2 Å². The molecule has 0 saturated carbocycles. The van der Waals surface area contributed by atoms with Crippen molar-refractivity contribution in [3.05, 3.63) is 255 Å². The van der Waals surface area contributed by atoms with E-state index in [0.717, 1.165) is 0 Å². The minimum Gasteiger partial charge on any atom is -0.416 e. The third-order valence-corrected chi connectivity index (χ3v) is 16.3. The highest BCUT2D eigenvalue weighted by Gasteiger charge is 2.61. The number of fused-ring (bicyclic) bond motifs is 24. The van der Waals surface area contributed by atoms with Gasteiger partial charge in [-0.15, -0.1) is 0 Å². The van der Waals surface area contributed by atoms with Crippen molar-refractivity contribution < 1.29 is 0 Å². The van der Waals surface area contributed by atoms with Gasteiger partial charge in [-0.25, -0.2) is 0 Å². The number of para-hydroxylation sites is 3. The van der Waals surface area contributed by atoms with Gasteiger partial charge in [0.05, 0.1) is 0 Å². The van der Waals surface area contributed by atoms with E-state index in [0.29, 0.717) is 0 Å². The lowest BCUT2D eigenvalue weighted by Crippen LogP contribution is -2.88. The highest BCUT2D eigenvalue weighted by molar-refractivity contribution is 7.16. The Morgan fingerprint density at radius 2 is 0.472 bits per heavy atom. The Bertz CT molecular complexity index is 3800. The minimum atomic E-state index is -0.161. The summed E-state index contributed by atoms with van der Waals surface area (Å²) in [6.45, 7) is -0.484. The predicted molar refractivity (Wildman–Crippen MR) is 308 cm³/mol. The maximum absolute atomic E-state index is 2.77. The summed E-state index contributed by atoms with van der Waals surface area (Å²) in [7, 11) is 0. The summed E-state index contributed by atoms with van der Waals surface area (Å²) >= 11 is 0. The summed E-state index contributed by atoms with van der Waals surface area (Å²) in [6.07, 6.45) is 0. The van der Waals surface area contributed by atoms with Gasteiger partial charge >= 0.3 is 20.9 Å². The van der Waals surface area contributed by atoms with Crippen molar-refractivity contribution in [3.63, 3.8) is 0 Å². The highest BCUT2D eigenvalue weighted by atomic mass is 15.3. The van der Waals surface area contributed by atoms with Crippen LogP contribution < -0.4 is 30.6 Å². The van der Waals surface area contributed by atoms with E-state index in [2.05, 4.69) is 269 Å². The van der Waals surface area contributed by atoms with Crippen LogP contribution in [0.15, 0.2) is 255 Å². The molecule has 0 unspecified atom stereocenters. The van der Waals surface area contributed by atoms with Crippen LogP contribution in [-0.4, -0.2) is 20.9 Å². The molecule has 0 radical (unpaired) electrons. The molecule has 4 heterocycles. The maximum Gasteiger partial charge on any atom is 0.389 e. The normalized spacial score (nSPS) is 13.7. The summed E-state index contributed by atoms with van der Waals surface area (Å²) in [4.78, 5) is 0. The van der Waals surface area contributed by atoms with Crippen LogP contribution in [0, 0.1) is 0 Å². The molecular weight excluding hydrogens is 867 g/mol. The molecule has 0 bridgehead atoms. The maximum atomic E-state index is 2.77. The molecule has 16 rings (SSSR count). The first-order valence-corrected chi connectivity index (χ1v) is 25.2. The fourth-order valence-electron chi connectivity index (χ4n) is 13.3. The molecule has 0 N–H and O–H groups in total.